The number of benzene rings is 2. The van der Waals surface area contributed by atoms with Crippen LogP contribution in [0.4, 0.5) is 4.39 Å². The summed E-state index contributed by atoms with van der Waals surface area (Å²) in [5.74, 6) is -0.575. The number of nitrogens with one attached hydrogen (secondary N) is 1. The maximum atomic E-state index is 13.5. The zero-order valence-corrected chi connectivity index (χ0v) is 18.0. The molecule has 0 bridgehead atoms. The Bertz CT molecular complexity index is 1350. The molecule has 2 aromatic carbocycles. The van der Waals surface area contributed by atoms with Crippen molar-refractivity contribution in [3.05, 3.63) is 68.7 Å². The van der Waals surface area contributed by atoms with E-state index in [4.69, 9.17) is 12.2 Å². The summed E-state index contributed by atoms with van der Waals surface area (Å²) < 4.78 is 17.3. The van der Waals surface area contributed by atoms with E-state index in [0.717, 1.165) is 23.3 Å². The van der Waals surface area contributed by atoms with Crippen molar-refractivity contribution in [3.63, 3.8) is 0 Å². The summed E-state index contributed by atoms with van der Waals surface area (Å²) in [5, 5.41) is 3.36. The first-order valence-corrected chi connectivity index (χ1v) is 10.9. The predicted molar refractivity (Wildman–Crippen MR) is 121 cm³/mol. The van der Waals surface area contributed by atoms with Crippen molar-refractivity contribution in [1.29, 1.82) is 0 Å². The number of para-hydroxylation sites is 1. The molecular formula is C22H20FN3O2S2. The third kappa shape index (κ3) is 3.68. The van der Waals surface area contributed by atoms with Gasteiger partial charge in [-0.05, 0) is 48.5 Å². The Morgan fingerprint density at radius 2 is 1.90 bits per heavy atom. The molecule has 0 saturated heterocycles. The highest BCUT2D eigenvalue weighted by Gasteiger charge is 2.19. The predicted octanol–water partition coefficient (Wildman–Crippen LogP) is 4.77. The number of carbonyl (C=O) groups is 1. The molecule has 0 spiro atoms. The fourth-order valence-electron chi connectivity index (χ4n) is 3.45. The van der Waals surface area contributed by atoms with Gasteiger partial charge in [0.2, 0.25) is 5.91 Å². The number of nitrogens with zero attached hydrogens (tertiary/aromatic N) is 2. The number of aromatic nitrogens is 2. The van der Waals surface area contributed by atoms with E-state index in [1.165, 1.54) is 28.0 Å². The fraction of sp³-hybridized carbons (Fsp3) is 0.227. The van der Waals surface area contributed by atoms with Crippen molar-refractivity contribution in [2.75, 3.05) is 6.54 Å². The molecule has 0 aliphatic rings. The first kappa shape index (κ1) is 20.4. The van der Waals surface area contributed by atoms with Gasteiger partial charge in [0.25, 0.3) is 5.56 Å². The minimum atomic E-state index is -0.344. The average molecular weight is 442 g/mol. The minimum absolute atomic E-state index is 0.115. The second-order valence-corrected chi connectivity index (χ2v) is 8.62. The van der Waals surface area contributed by atoms with E-state index < -0.39 is 0 Å². The highest BCUT2D eigenvalue weighted by Crippen LogP contribution is 2.33. The number of hydrogen-bond donors (Lipinski definition) is 1. The molecule has 8 heteroatoms. The van der Waals surface area contributed by atoms with Crippen LogP contribution in [0.1, 0.15) is 19.8 Å². The first-order chi connectivity index (χ1) is 14.5. The number of unbranched alkanes of at least 4 members (excludes halogenated alkanes) is 1. The smallest absolute Gasteiger partial charge is 0.262 e. The molecule has 0 aliphatic heterocycles. The van der Waals surface area contributed by atoms with Crippen LogP contribution in [0.15, 0.2) is 53.3 Å². The van der Waals surface area contributed by atoms with Gasteiger partial charge in [-0.1, -0.05) is 37.6 Å². The van der Waals surface area contributed by atoms with Gasteiger partial charge in [0.15, 0.2) is 3.95 Å². The summed E-state index contributed by atoms with van der Waals surface area (Å²) in [4.78, 5) is 26.6. The molecule has 4 aromatic rings. The first-order valence-electron chi connectivity index (χ1n) is 9.71. The van der Waals surface area contributed by atoms with Gasteiger partial charge in [-0.2, -0.15) is 0 Å². The molecule has 2 heterocycles. The van der Waals surface area contributed by atoms with Crippen molar-refractivity contribution < 1.29 is 9.18 Å². The lowest BCUT2D eigenvalue weighted by atomic mass is 10.2. The van der Waals surface area contributed by atoms with Crippen LogP contribution in [0.25, 0.3) is 27.0 Å². The summed E-state index contributed by atoms with van der Waals surface area (Å²) in [6.45, 7) is 2.50. The summed E-state index contributed by atoms with van der Waals surface area (Å²) >= 11 is 6.96. The van der Waals surface area contributed by atoms with Gasteiger partial charge in [0.1, 0.15) is 18.0 Å². The van der Waals surface area contributed by atoms with Crippen molar-refractivity contribution in [2.24, 2.45) is 0 Å². The number of amides is 1. The number of halogens is 1. The molecule has 4 rings (SSSR count). The molecule has 0 saturated carbocycles. The van der Waals surface area contributed by atoms with Crippen molar-refractivity contribution >= 4 is 46.0 Å². The number of carbonyl (C=O) groups excluding carboxylic acids is 1. The summed E-state index contributed by atoms with van der Waals surface area (Å²) in [6, 6.07) is 13.3. The fourth-order valence-corrected chi connectivity index (χ4v) is 4.89. The Morgan fingerprint density at radius 3 is 2.63 bits per heavy atom. The molecule has 0 atom stereocenters. The Balaban J connectivity index is 1.98. The lowest BCUT2D eigenvalue weighted by molar-refractivity contribution is -0.121. The van der Waals surface area contributed by atoms with Crippen molar-refractivity contribution in [3.8, 4) is 10.4 Å². The third-order valence-electron chi connectivity index (χ3n) is 4.92. The van der Waals surface area contributed by atoms with E-state index in [9.17, 15) is 14.0 Å². The normalized spacial score (nSPS) is 11.3. The molecule has 154 valence electrons. The Morgan fingerprint density at radius 1 is 1.17 bits per heavy atom. The lowest BCUT2D eigenvalue weighted by Crippen LogP contribution is -2.33. The number of hydrogen-bond acceptors (Lipinski definition) is 4. The molecule has 5 nitrogen and oxygen atoms in total. The maximum absolute atomic E-state index is 13.5. The number of thiazole rings is 1. The Hall–Kier alpha value is -2.84. The second-order valence-electron chi connectivity index (χ2n) is 6.97. The summed E-state index contributed by atoms with van der Waals surface area (Å²) in [6.07, 6.45) is 1.84. The largest absolute Gasteiger partial charge is 0.355 e. The van der Waals surface area contributed by atoms with E-state index in [0.29, 0.717) is 27.0 Å². The SMILES string of the molecule is CCCCNC(=O)Cn1c(=O)c2ccccc2n2c(=S)sc(-c3ccc(F)cc3)c12. The monoisotopic (exact) mass is 441 g/mol. The summed E-state index contributed by atoms with van der Waals surface area (Å²) in [7, 11) is 0. The van der Waals surface area contributed by atoms with Gasteiger partial charge in [0.05, 0.1) is 15.8 Å². The highest BCUT2D eigenvalue weighted by molar-refractivity contribution is 7.73. The van der Waals surface area contributed by atoms with Crippen LogP contribution in [0.5, 0.6) is 0 Å². The molecule has 30 heavy (non-hydrogen) atoms. The summed E-state index contributed by atoms with van der Waals surface area (Å²) in [5.41, 5.74) is 1.72. The third-order valence-corrected chi connectivity index (χ3v) is 6.34. The minimum Gasteiger partial charge on any atom is -0.355 e. The van der Waals surface area contributed by atoms with Gasteiger partial charge in [-0.3, -0.25) is 18.6 Å². The highest BCUT2D eigenvalue weighted by atomic mass is 32.1. The zero-order valence-electron chi connectivity index (χ0n) is 16.4. The molecule has 0 radical (unpaired) electrons. The van der Waals surface area contributed by atoms with Crippen LogP contribution in [0.2, 0.25) is 0 Å². The zero-order chi connectivity index (χ0) is 21.3. The van der Waals surface area contributed by atoms with E-state index in [-0.39, 0.29) is 23.8 Å². The van der Waals surface area contributed by atoms with Crippen LogP contribution in [0, 0.1) is 9.77 Å². The molecule has 0 fully saturated rings. The molecule has 1 amide bonds. The van der Waals surface area contributed by atoms with Gasteiger partial charge in [0, 0.05) is 6.54 Å². The van der Waals surface area contributed by atoms with Crippen LogP contribution in [-0.4, -0.2) is 21.4 Å². The Labute approximate surface area is 181 Å². The maximum Gasteiger partial charge on any atom is 0.262 e. The van der Waals surface area contributed by atoms with Gasteiger partial charge in [-0.15, -0.1) is 11.3 Å². The quantitative estimate of drug-likeness (QED) is 0.346. The van der Waals surface area contributed by atoms with Crippen LogP contribution in [-0.2, 0) is 11.3 Å². The van der Waals surface area contributed by atoms with E-state index >= 15 is 0 Å². The van der Waals surface area contributed by atoms with Crippen LogP contribution in [0.3, 0.4) is 0 Å². The second kappa shape index (κ2) is 8.49. The van der Waals surface area contributed by atoms with E-state index in [1.807, 2.05) is 23.5 Å². The molecular weight excluding hydrogens is 421 g/mol. The van der Waals surface area contributed by atoms with E-state index in [2.05, 4.69) is 5.32 Å². The topological polar surface area (TPSA) is 55.5 Å². The van der Waals surface area contributed by atoms with Gasteiger partial charge >= 0.3 is 0 Å². The number of fused-ring (bicyclic) bond motifs is 3. The lowest BCUT2D eigenvalue weighted by Gasteiger charge is -2.13. The number of rotatable bonds is 6. The Kier molecular flexibility index (Phi) is 5.78. The van der Waals surface area contributed by atoms with E-state index in [1.54, 1.807) is 24.3 Å². The average Bonchev–Trinajstić information content (AvgIpc) is 3.09. The molecule has 2 aromatic heterocycles. The van der Waals surface area contributed by atoms with Gasteiger partial charge in [-0.25, -0.2) is 4.39 Å². The van der Waals surface area contributed by atoms with Crippen LogP contribution < -0.4 is 10.9 Å². The molecule has 0 unspecified atom stereocenters. The standard InChI is InChI=1S/C22H20FN3O2S2/c1-2-3-12-24-18(27)13-25-20-19(14-8-10-15(23)11-9-14)30-22(29)26(20)17-7-5-4-6-16(17)21(25)28/h4-11H,2-3,12-13H2,1H3,(H,24,27). The van der Waals surface area contributed by atoms with Crippen LogP contribution >= 0.6 is 23.6 Å². The van der Waals surface area contributed by atoms with Crippen molar-refractivity contribution in [2.45, 2.75) is 26.3 Å². The van der Waals surface area contributed by atoms with Gasteiger partial charge < -0.3 is 5.32 Å². The molecule has 0 aliphatic carbocycles. The molecule has 1 N–H and O–H groups in total. The van der Waals surface area contributed by atoms with Crippen molar-refractivity contribution in [1.82, 2.24) is 14.3 Å².